The van der Waals surface area contributed by atoms with Crippen molar-refractivity contribution in [2.75, 3.05) is 13.2 Å². The molecule has 0 amide bonds. The predicted molar refractivity (Wildman–Crippen MR) is 76.0 cm³/mol. The smallest absolute Gasteiger partial charge is 0.288 e. The lowest BCUT2D eigenvalue weighted by Crippen LogP contribution is -2.31. The molecule has 106 valence electrons. The molecule has 1 atom stereocenters. The van der Waals surface area contributed by atoms with E-state index in [1.807, 2.05) is 19.1 Å². The standard InChI is InChI=1S/C11H12Cl3NO3S/c1-8-4-2-3-5-9(8)10(6-15-10)19(16,17)18-7-11(12,13)14/h2-5,15H,6-7H2,1H3. The van der Waals surface area contributed by atoms with Crippen LogP contribution in [-0.4, -0.2) is 25.4 Å². The largest absolute Gasteiger partial charge is 0.292 e. The van der Waals surface area contributed by atoms with Crippen molar-refractivity contribution in [2.24, 2.45) is 0 Å². The van der Waals surface area contributed by atoms with Crippen LogP contribution in [0.1, 0.15) is 11.1 Å². The number of hydrogen-bond donors (Lipinski definition) is 1. The minimum Gasteiger partial charge on any atom is -0.288 e. The Morgan fingerprint density at radius 1 is 1.37 bits per heavy atom. The van der Waals surface area contributed by atoms with Gasteiger partial charge < -0.3 is 0 Å². The minimum absolute atomic E-state index is 0.278. The summed E-state index contributed by atoms with van der Waals surface area (Å²) >= 11 is 16.5. The normalized spacial score (nSPS) is 23.4. The monoisotopic (exact) mass is 343 g/mol. The fraction of sp³-hybridized carbons (Fsp3) is 0.455. The Bertz CT molecular complexity index is 579. The highest BCUT2D eigenvalue weighted by molar-refractivity contribution is 7.88. The van der Waals surface area contributed by atoms with E-state index >= 15 is 0 Å². The molecule has 8 heteroatoms. The summed E-state index contributed by atoms with van der Waals surface area (Å²) in [5.41, 5.74) is 1.51. The van der Waals surface area contributed by atoms with Crippen LogP contribution in [0.25, 0.3) is 0 Å². The highest BCUT2D eigenvalue weighted by atomic mass is 35.6. The van der Waals surface area contributed by atoms with Gasteiger partial charge in [0.1, 0.15) is 6.61 Å². The van der Waals surface area contributed by atoms with Gasteiger partial charge in [0.15, 0.2) is 4.87 Å². The second-order valence-electron chi connectivity index (χ2n) is 4.33. The van der Waals surface area contributed by atoms with Gasteiger partial charge in [-0.25, -0.2) is 0 Å². The number of rotatable bonds is 4. The summed E-state index contributed by atoms with van der Waals surface area (Å²) in [6, 6.07) is 7.19. The third-order valence-corrected chi connectivity index (χ3v) is 5.00. The molecule has 0 bridgehead atoms. The molecule has 0 radical (unpaired) electrons. The van der Waals surface area contributed by atoms with Crippen LogP contribution in [0.4, 0.5) is 0 Å². The SMILES string of the molecule is Cc1ccccc1C1(S(=O)(=O)OCC(Cl)(Cl)Cl)CN1. The number of alkyl halides is 3. The van der Waals surface area contributed by atoms with E-state index in [9.17, 15) is 8.42 Å². The maximum Gasteiger partial charge on any atom is 0.292 e. The number of halogens is 3. The van der Waals surface area contributed by atoms with E-state index < -0.39 is 25.4 Å². The molecule has 0 aliphatic carbocycles. The third-order valence-electron chi connectivity index (χ3n) is 2.88. The Kier molecular flexibility index (Phi) is 4.09. The predicted octanol–water partition coefficient (Wildman–Crippen LogP) is 2.47. The van der Waals surface area contributed by atoms with Gasteiger partial charge in [-0.3, -0.25) is 9.50 Å². The molecule has 1 aromatic rings. The van der Waals surface area contributed by atoms with Crippen molar-refractivity contribution in [1.82, 2.24) is 5.32 Å². The van der Waals surface area contributed by atoms with Crippen molar-refractivity contribution in [3.8, 4) is 0 Å². The quantitative estimate of drug-likeness (QED) is 0.518. The van der Waals surface area contributed by atoms with E-state index in [0.717, 1.165) is 5.56 Å². The van der Waals surface area contributed by atoms with Gasteiger partial charge in [0.2, 0.25) is 3.79 Å². The molecule has 1 heterocycles. The van der Waals surface area contributed by atoms with Gasteiger partial charge in [-0.15, -0.1) is 0 Å². The van der Waals surface area contributed by atoms with Gasteiger partial charge in [0.05, 0.1) is 0 Å². The molecule has 1 aliphatic heterocycles. The summed E-state index contributed by atoms with van der Waals surface area (Å²) in [5.74, 6) is 0. The van der Waals surface area contributed by atoms with E-state index in [1.165, 1.54) is 0 Å². The Hall–Kier alpha value is -0.0400. The minimum atomic E-state index is -3.92. The first-order valence-corrected chi connectivity index (χ1v) is 7.99. The van der Waals surface area contributed by atoms with Crippen LogP contribution >= 0.6 is 34.8 Å². The Labute approximate surface area is 127 Å². The first-order chi connectivity index (χ1) is 8.68. The molecule has 4 nitrogen and oxygen atoms in total. The Balaban J connectivity index is 2.28. The zero-order valence-corrected chi connectivity index (χ0v) is 13.1. The van der Waals surface area contributed by atoms with E-state index in [4.69, 9.17) is 39.0 Å². The van der Waals surface area contributed by atoms with Gasteiger partial charge >= 0.3 is 0 Å². The Morgan fingerprint density at radius 3 is 2.42 bits per heavy atom. The van der Waals surface area contributed by atoms with Crippen LogP contribution in [0.5, 0.6) is 0 Å². The first kappa shape index (κ1) is 15.4. The summed E-state index contributed by atoms with van der Waals surface area (Å²) in [7, 11) is -3.92. The molecule has 0 spiro atoms. The van der Waals surface area contributed by atoms with Gasteiger partial charge in [-0.2, -0.15) is 8.42 Å². The number of hydrogen-bond acceptors (Lipinski definition) is 4. The highest BCUT2D eigenvalue weighted by Gasteiger charge is 2.58. The summed E-state index contributed by atoms with van der Waals surface area (Å²) in [6.07, 6.45) is 0. The van der Waals surface area contributed by atoms with Crippen LogP contribution < -0.4 is 5.32 Å². The molecular formula is C11H12Cl3NO3S. The van der Waals surface area contributed by atoms with Gasteiger partial charge in [0, 0.05) is 6.54 Å². The lowest BCUT2D eigenvalue weighted by atomic mass is 10.1. The maximum absolute atomic E-state index is 12.3. The molecular weight excluding hydrogens is 333 g/mol. The van der Waals surface area contributed by atoms with Gasteiger partial charge in [-0.1, -0.05) is 59.1 Å². The number of nitrogens with one attached hydrogen (secondary N) is 1. The van der Waals surface area contributed by atoms with E-state index in [1.54, 1.807) is 12.1 Å². The van der Waals surface area contributed by atoms with Crippen molar-refractivity contribution in [1.29, 1.82) is 0 Å². The molecule has 0 aromatic heterocycles. The van der Waals surface area contributed by atoms with Gasteiger partial charge in [0.25, 0.3) is 10.1 Å². The fourth-order valence-electron chi connectivity index (χ4n) is 1.85. The molecule has 19 heavy (non-hydrogen) atoms. The summed E-state index contributed by atoms with van der Waals surface area (Å²) < 4.78 is 27.6. The summed E-state index contributed by atoms with van der Waals surface area (Å²) in [4.78, 5) is -1.23. The molecule has 1 aliphatic rings. The molecule has 0 saturated carbocycles. The first-order valence-electron chi connectivity index (χ1n) is 5.45. The zero-order chi connectivity index (χ0) is 14.3. The lowest BCUT2D eigenvalue weighted by molar-refractivity contribution is 0.316. The summed E-state index contributed by atoms with van der Waals surface area (Å²) in [6.45, 7) is 1.59. The van der Waals surface area contributed by atoms with Crippen LogP contribution in [0.15, 0.2) is 24.3 Å². The topological polar surface area (TPSA) is 65.3 Å². The lowest BCUT2D eigenvalue weighted by Gasteiger charge is -2.19. The number of aryl methyl sites for hydroxylation is 1. The van der Waals surface area contributed by atoms with Crippen molar-refractivity contribution in [3.05, 3.63) is 35.4 Å². The van der Waals surface area contributed by atoms with Crippen molar-refractivity contribution in [3.63, 3.8) is 0 Å². The fourth-order valence-corrected chi connectivity index (χ4v) is 3.67. The van der Waals surface area contributed by atoms with E-state index in [0.29, 0.717) is 5.56 Å². The Morgan fingerprint density at radius 2 is 1.95 bits per heavy atom. The molecule has 2 rings (SSSR count). The molecule has 1 N–H and O–H groups in total. The molecule has 1 fully saturated rings. The third kappa shape index (κ3) is 3.17. The molecule has 1 aromatic carbocycles. The van der Waals surface area contributed by atoms with Crippen molar-refractivity contribution < 1.29 is 12.6 Å². The van der Waals surface area contributed by atoms with E-state index in [2.05, 4.69) is 5.32 Å². The molecule has 1 saturated heterocycles. The second-order valence-corrected chi connectivity index (χ2v) is 8.68. The van der Waals surface area contributed by atoms with Gasteiger partial charge in [-0.05, 0) is 18.1 Å². The van der Waals surface area contributed by atoms with Crippen LogP contribution in [-0.2, 0) is 19.2 Å². The van der Waals surface area contributed by atoms with Crippen LogP contribution in [0.3, 0.4) is 0 Å². The van der Waals surface area contributed by atoms with Crippen LogP contribution in [0, 0.1) is 6.92 Å². The molecule has 1 unspecified atom stereocenters. The average molecular weight is 345 g/mol. The van der Waals surface area contributed by atoms with Crippen LogP contribution in [0.2, 0.25) is 0 Å². The maximum atomic E-state index is 12.3. The highest BCUT2D eigenvalue weighted by Crippen LogP contribution is 2.40. The number of benzene rings is 1. The van der Waals surface area contributed by atoms with Crippen molar-refractivity contribution in [2.45, 2.75) is 15.6 Å². The summed E-state index contributed by atoms with van der Waals surface area (Å²) in [5, 5.41) is 2.84. The average Bonchev–Trinajstić information content (AvgIpc) is 3.08. The van der Waals surface area contributed by atoms with Crippen molar-refractivity contribution >= 4 is 44.9 Å². The second kappa shape index (κ2) is 5.06. The zero-order valence-electron chi connectivity index (χ0n) is 9.99. The van der Waals surface area contributed by atoms with E-state index in [-0.39, 0.29) is 6.54 Å².